The summed E-state index contributed by atoms with van der Waals surface area (Å²) in [5.41, 5.74) is 0.186. The maximum Gasteiger partial charge on any atom is 0.329 e. The fourth-order valence-electron chi connectivity index (χ4n) is 1.77. The zero-order chi connectivity index (χ0) is 14.3. The molecule has 1 saturated carbocycles. The van der Waals surface area contributed by atoms with Crippen LogP contribution >= 0.6 is 0 Å². The van der Waals surface area contributed by atoms with Gasteiger partial charge in [0.15, 0.2) is 0 Å². The van der Waals surface area contributed by atoms with E-state index >= 15 is 0 Å². The highest BCUT2D eigenvalue weighted by Gasteiger charge is 2.51. The van der Waals surface area contributed by atoms with Crippen LogP contribution in [-0.2, 0) is 10.2 Å². The molecule has 102 valence electrons. The summed E-state index contributed by atoms with van der Waals surface area (Å²) in [5.74, 6) is -1.41. The molecule has 0 bridgehead atoms. The first-order valence-corrected chi connectivity index (χ1v) is 6.27. The average Bonchev–Trinajstić information content (AvgIpc) is 3.09. The smallest absolute Gasteiger partial charge is 0.329 e. The molecule has 5 heteroatoms. The average molecular weight is 262 g/mol. The number of carbonyl (C=O) groups excluding carboxylic acids is 1. The van der Waals surface area contributed by atoms with Crippen molar-refractivity contribution in [3.05, 3.63) is 29.6 Å². The van der Waals surface area contributed by atoms with Crippen LogP contribution in [0.25, 0.3) is 0 Å². The molecular formula is C14H18N2O3. The van der Waals surface area contributed by atoms with E-state index in [0.29, 0.717) is 12.8 Å². The number of carbonyl (C=O) groups is 2. The number of aliphatic carboxylic acids is 1. The summed E-state index contributed by atoms with van der Waals surface area (Å²) in [7, 11) is 0. The van der Waals surface area contributed by atoms with Crippen molar-refractivity contribution in [1.29, 1.82) is 0 Å². The molecule has 19 heavy (non-hydrogen) atoms. The fourth-order valence-corrected chi connectivity index (χ4v) is 1.77. The van der Waals surface area contributed by atoms with E-state index in [4.69, 9.17) is 5.11 Å². The second kappa shape index (κ2) is 4.33. The van der Waals surface area contributed by atoms with Crippen LogP contribution in [0.3, 0.4) is 0 Å². The summed E-state index contributed by atoms with van der Waals surface area (Å²) in [6, 6.07) is 3.48. The molecule has 1 aromatic rings. The van der Waals surface area contributed by atoms with Gasteiger partial charge < -0.3 is 10.4 Å². The molecule has 1 heterocycles. The van der Waals surface area contributed by atoms with Crippen molar-refractivity contribution in [2.24, 2.45) is 0 Å². The maximum atomic E-state index is 11.9. The second-order valence-corrected chi connectivity index (χ2v) is 6.02. The Labute approximate surface area is 112 Å². The first-order valence-electron chi connectivity index (χ1n) is 6.27. The van der Waals surface area contributed by atoms with E-state index in [9.17, 15) is 9.59 Å². The third-order valence-electron chi connectivity index (χ3n) is 3.37. The molecule has 2 N–H and O–H groups in total. The highest BCUT2D eigenvalue weighted by molar-refractivity contribution is 5.97. The minimum absolute atomic E-state index is 0.0270. The minimum Gasteiger partial charge on any atom is -0.480 e. The third-order valence-corrected chi connectivity index (χ3v) is 3.37. The lowest BCUT2D eigenvalue weighted by atomic mass is 9.88. The normalized spacial score (nSPS) is 16.8. The second-order valence-electron chi connectivity index (χ2n) is 6.02. The molecule has 0 unspecified atom stereocenters. The number of nitrogens with one attached hydrogen (secondary N) is 1. The number of carboxylic acid groups (broad SMARTS) is 1. The Morgan fingerprint density at radius 3 is 2.32 bits per heavy atom. The quantitative estimate of drug-likeness (QED) is 0.869. The van der Waals surface area contributed by atoms with Gasteiger partial charge in [0.2, 0.25) is 0 Å². The lowest BCUT2D eigenvalue weighted by molar-refractivity contribution is -0.140. The summed E-state index contributed by atoms with van der Waals surface area (Å²) in [4.78, 5) is 27.0. The van der Waals surface area contributed by atoms with Crippen LogP contribution in [0.5, 0.6) is 0 Å². The topological polar surface area (TPSA) is 79.3 Å². The largest absolute Gasteiger partial charge is 0.480 e. The molecule has 1 aliphatic rings. The van der Waals surface area contributed by atoms with E-state index < -0.39 is 17.4 Å². The molecule has 0 aliphatic heterocycles. The summed E-state index contributed by atoms with van der Waals surface area (Å²) >= 11 is 0. The van der Waals surface area contributed by atoms with Crippen molar-refractivity contribution in [2.45, 2.75) is 44.6 Å². The van der Waals surface area contributed by atoms with Crippen molar-refractivity contribution >= 4 is 11.9 Å². The minimum atomic E-state index is -1.07. The summed E-state index contributed by atoms with van der Waals surface area (Å²) in [5, 5.41) is 11.6. The molecule has 0 atom stereocenters. The van der Waals surface area contributed by atoms with Gasteiger partial charge in [0.25, 0.3) is 5.91 Å². The van der Waals surface area contributed by atoms with E-state index in [-0.39, 0.29) is 11.1 Å². The molecule has 1 aromatic heterocycles. The molecule has 2 rings (SSSR count). The van der Waals surface area contributed by atoms with Crippen molar-refractivity contribution in [3.8, 4) is 0 Å². The number of carboxylic acids is 1. The van der Waals surface area contributed by atoms with E-state index in [0.717, 1.165) is 5.56 Å². The van der Waals surface area contributed by atoms with Gasteiger partial charge in [-0.3, -0.25) is 9.78 Å². The van der Waals surface area contributed by atoms with Gasteiger partial charge in [-0.25, -0.2) is 4.79 Å². The monoisotopic (exact) mass is 262 g/mol. The molecule has 0 spiro atoms. The summed E-state index contributed by atoms with van der Waals surface area (Å²) in [6.07, 6.45) is 2.62. The van der Waals surface area contributed by atoms with Crippen LogP contribution in [0, 0.1) is 0 Å². The Kier molecular flexibility index (Phi) is 3.08. The van der Waals surface area contributed by atoms with Crippen LogP contribution in [0.15, 0.2) is 18.3 Å². The Hall–Kier alpha value is -1.91. The number of nitrogens with zero attached hydrogens (tertiary/aromatic N) is 1. The summed E-state index contributed by atoms with van der Waals surface area (Å²) < 4.78 is 0. The zero-order valence-corrected chi connectivity index (χ0v) is 11.4. The Balaban J connectivity index is 2.11. The van der Waals surface area contributed by atoms with Gasteiger partial charge >= 0.3 is 5.97 Å². The fraction of sp³-hybridized carbons (Fsp3) is 0.500. The van der Waals surface area contributed by atoms with E-state index in [1.807, 2.05) is 6.07 Å². The number of rotatable bonds is 3. The van der Waals surface area contributed by atoms with Crippen molar-refractivity contribution in [1.82, 2.24) is 10.3 Å². The van der Waals surface area contributed by atoms with Crippen LogP contribution in [0.1, 0.15) is 49.7 Å². The standard InChI is InChI=1S/C14H18N2O3/c1-13(2,3)9-4-5-10(15-8-9)11(17)16-14(6-7-14)12(18)19/h4-5,8H,6-7H2,1-3H3,(H,16,17)(H,18,19). The van der Waals surface area contributed by atoms with Crippen LogP contribution in [-0.4, -0.2) is 27.5 Å². The molecule has 0 radical (unpaired) electrons. The Bertz CT molecular complexity index is 510. The highest BCUT2D eigenvalue weighted by Crippen LogP contribution is 2.35. The molecule has 1 fully saturated rings. The van der Waals surface area contributed by atoms with Crippen LogP contribution < -0.4 is 5.32 Å². The van der Waals surface area contributed by atoms with E-state index in [1.54, 1.807) is 12.3 Å². The maximum absolute atomic E-state index is 11.9. The number of aromatic nitrogens is 1. The third kappa shape index (κ3) is 2.75. The van der Waals surface area contributed by atoms with Crippen LogP contribution in [0.2, 0.25) is 0 Å². The van der Waals surface area contributed by atoms with Gasteiger partial charge in [-0.15, -0.1) is 0 Å². The highest BCUT2D eigenvalue weighted by atomic mass is 16.4. The molecular weight excluding hydrogens is 244 g/mol. The Morgan fingerprint density at radius 2 is 1.95 bits per heavy atom. The summed E-state index contributed by atoms with van der Waals surface area (Å²) in [6.45, 7) is 6.19. The van der Waals surface area contributed by atoms with Crippen LogP contribution in [0.4, 0.5) is 0 Å². The zero-order valence-electron chi connectivity index (χ0n) is 11.4. The van der Waals surface area contributed by atoms with Gasteiger partial charge in [-0.2, -0.15) is 0 Å². The van der Waals surface area contributed by atoms with Crippen molar-refractivity contribution < 1.29 is 14.7 Å². The number of amides is 1. The van der Waals surface area contributed by atoms with Crippen molar-refractivity contribution in [2.75, 3.05) is 0 Å². The lowest BCUT2D eigenvalue weighted by Gasteiger charge is -2.18. The van der Waals surface area contributed by atoms with Crippen molar-refractivity contribution in [3.63, 3.8) is 0 Å². The predicted octanol–water partition coefficient (Wildman–Crippen LogP) is 1.73. The first-order chi connectivity index (χ1) is 8.74. The SMILES string of the molecule is CC(C)(C)c1ccc(C(=O)NC2(C(=O)O)CC2)nc1. The molecule has 0 aromatic carbocycles. The number of pyridine rings is 1. The molecule has 5 nitrogen and oxygen atoms in total. The molecule has 1 amide bonds. The molecule has 0 saturated heterocycles. The van der Waals surface area contributed by atoms with Gasteiger partial charge in [0.1, 0.15) is 11.2 Å². The van der Waals surface area contributed by atoms with Gasteiger partial charge in [-0.05, 0) is 29.9 Å². The Morgan fingerprint density at radius 1 is 1.32 bits per heavy atom. The predicted molar refractivity (Wildman–Crippen MR) is 70.0 cm³/mol. The van der Waals surface area contributed by atoms with E-state index in [2.05, 4.69) is 31.1 Å². The molecule has 1 aliphatic carbocycles. The van der Waals surface area contributed by atoms with Gasteiger partial charge in [0, 0.05) is 6.20 Å². The lowest BCUT2D eigenvalue weighted by Crippen LogP contribution is -2.43. The number of hydrogen-bond donors (Lipinski definition) is 2. The number of hydrogen-bond acceptors (Lipinski definition) is 3. The van der Waals surface area contributed by atoms with E-state index in [1.165, 1.54) is 0 Å². The van der Waals surface area contributed by atoms with Gasteiger partial charge in [-0.1, -0.05) is 26.8 Å². The first kappa shape index (κ1) is 13.5. The van der Waals surface area contributed by atoms with Gasteiger partial charge in [0.05, 0.1) is 0 Å².